The zero-order chi connectivity index (χ0) is 8.55. The Morgan fingerprint density at radius 2 is 2.25 bits per heavy atom. The van der Waals surface area contributed by atoms with Crippen molar-refractivity contribution in [2.45, 2.75) is 6.92 Å². The van der Waals surface area contributed by atoms with Crippen LogP contribution >= 0.6 is 0 Å². The Kier molecular flexibility index (Phi) is 1.38. The van der Waals surface area contributed by atoms with Crippen LogP contribution in [-0.2, 0) is 0 Å². The summed E-state index contributed by atoms with van der Waals surface area (Å²) in [5.74, 6) is 0.898. The lowest BCUT2D eigenvalue weighted by Crippen LogP contribution is -1.72. The number of hydrogen-bond donors (Lipinski definition) is 0. The Morgan fingerprint density at radius 1 is 1.42 bits per heavy atom. The van der Waals surface area contributed by atoms with Crippen LogP contribution in [0.2, 0.25) is 0 Å². The molecule has 0 unspecified atom stereocenters. The SMILES string of the molecule is Cc1occ2cc(C#N)ccc12. The van der Waals surface area contributed by atoms with E-state index < -0.39 is 0 Å². The molecule has 1 aromatic heterocycles. The van der Waals surface area contributed by atoms with Crippen LogP contribution in [0.15, 0.2) is 28.9 Å². The van der Waals surface area contributed by atoms with Crippen molar-refractivity contribution in [3.63, 3.8) is 0 Å². The maximum absolute atomic E-state index is 8.62. The molecule has 0 amide bonds. The van der Waals surface area contributed by atoms with Crippen LogP contribution in [0.5, 0.6) is 0 Å². The third-order valence-electron chi connectivity index (χ3n) is 1.92. The maximum Gasteiger partial charge on any atom is 0.108 e. The molecule has 2 heteroatoms. The van der Waals surface area contributed by atoms with Crippen LogP contribution < -0.4 is 0 Å². The first-order valence-corrected chi connectivity index (χ1v) is 3.69. The van der Waals surface area contributed by atoms with E-state index in [9.17, 15) is 0 Å². The first-order chi connectivity index (χ1) is 5.81. The Morgan fingerprint density at radius 3 is 3.00 bits per heavy atom. The van der Waals surface area contributed by atoms with Crippen molar-refractivity contribution >= 4 is 10.8 Å². The lowest BCUT2D eigenvalue weighted by Gasteiger charge is -1.89. The fourth-order valence-electron chi connectivity index (χ4n) is 1.27. The van der Waals surface area contributed by atoms with Gasteiger partial charge in [-0.1, -0.05) is 0 Å². The molecule has 0 fully saturated rings. The van der Waals surface area contributed by atoms with Gasteiger partial charge in [-0.3, -0.25) is 0 Å². The zero-order valence-corrected chi connectivity index (χ0v) is 6.66. The minimum absolute atomic E-state index is 0.670. The molecule has 0 saturated heterocycles. The highest BCUT2D eigenvalue weighted by molar-refractivity contribution is 5.85. The van der Waals surface area contributed by atoms with Gasteiger partial charge in [0.05, 0.1) is 17.9 Å². The van der Waals surface area contributed by atoms with Gasteiger partial charge in [-0.25, -0.2) is 0 Å². The van der Waals surface area contributed by atoms with Crippen molar-refractivity contribution in [1.29, 1.82) is 5.26 Å². The fraction of sp³-hybridized carbons (Fsp3) is 0.100. The predicted molar refractivity (Wildman–Crippen MR) is 45.7 cm³/mol. The standard InChI is InChI=1S/C10H7NO/c1-7-10-3-2-8(5-11)4-9(10)6-12-7/h2-4,6H,1H3. The number of hydrogen-bond acceptors (Lipinski definition) is 2. The van der Waals surface area contributed by atoms with E-state index in [4.69, 9.17) is 9.68 Å². The Balaban J connectivity index is 2.80. The minimum Gasteiger partial charge on any atom is -0.468 e. The smallest absolute Gasteiger partial charge is 0.108 e. The quantitative estimate of drug-likeness (QED) is 0.589. The van der Waals surface area contributed by atoms with Gasteiger partial charge in [-0.15, -0.1) is 0 Å². The van der Waals surface area contributed by atoms with Crippen LogP contribution in [-0.4, -0.2) is 0 Å². The van der Waals surface area contributed by atoms with Crippen LogP contribution in [0.25, 0.3) is 10.8 Å². The van der Waals surface area contributed by atoms with Crippen LogP contribution in [0, 0.1) is 18.3 Å². The number of fused-ring (bicyclic) bond motifs is 1. The maximum atomic E-state index is 8.62. The summed E-state index contributed by atoms with van der Waals surface area (Å²) in [5, 5.41) is 10.7. The summed E-state index contributed by atoms with van der Waals surface area (Å²) in [6.45, 7) is 1.91. The van der Waals surface area contributed by atoms with Crippen LogP contribution in [0.4, 0.5) is 0 Å². The predicted octanol–water partition coefficient (Wildman–Crippen LogP) is 2.61. The second kappa shape index (κ2) is 2.38. The largest absolute Gasteiger partial charge is 0.468 e. The molecule has 0 aliphatic carbocycles. The highest BCUT2D eigenvalue weighted by Crippen LogP contribution is 2.20. The number of nitrogens with zero attached hydrogens (tertiary/aromatic N) is 1. The van der Waals surface area contributed by atoms with E-state index in [-0.39, 0.29) is 0 Å². The second-order valence-corrected chi connectivity index (χ2v) is 2.71. The van der Waals surface area contributed by atoms with Gasteiger partial charge in [0, 0.05) is 10.8 Å². The van der Waals surface area contributed by atoms with Crippen molar-refractivity contribution < 1.29 is 4.42 Å². The molecular weight excluding hydrogens is 150 g/mol. The molecule has 0 radical (unpaired) electrons. The molecule has 1 aromatic carbocycles. The van der Waals surface area contributed by atoms with Crippen LogP contribution in [0.3, 0.4) is 0 Å². The molecule has 0 bridgehead atoms. The average Bonchev–Trinajstić information content (AvgIpc) is 2.47. The Hall–Kier alpha value is -1.75. The van der Waals surface area contributed by atoms with Gasteiger partial charge in [0.1, 0.15) is 5.76 Å². The molecule has 0 aliphatic rings. The molecule has 0 aliphatic heterocycles. The first-order valence-electron chi connectivity index (χ1n) is 3.69. The van der Waals surface area contributed by atoms with Crippen molar-refractivity contribution in [3.8, 4) is 6.07 Å². The third kappa shape index (κ3) is 0.876. The van der Waals surface area contributed by atoms with E-state index in [2.05, 4.69) is 6.07 Å². The van der Waals surface area contributed by atoms with Gasteiger partial charge in [0.2, 0.25) is 0 Å². The minimum atomic E-state index is 0.670. The van der Waals surface area contributed by atoms with Crippen molar-refractivity contribution in [2.75, 3.05) is 0 Å². The van der Waals surface area contributed by atoms with Crippen molar-refractivity contribution in [1.82, 2.24) is 0 Å². The lowest BCUT2D eigenvalue weighted by molar-refractivity contribution is 0.540. The first kappa shape index (κ1) is 6.93. The van der Waals surface area contributed by atoms with Gasteiger partial charge in [-0.2, -0.15) is 5.26 Å². The van der Waals surface area contributed by atoms with Gasteiger partial charge >= 0.3 is 0 Å². The van der Waals surface area contributed by atoms with E-state index in [0.29, 0.717) is 5.56 Å². The summed E-state index contributed by atoms with van der Waals surface area (Å²) in [7, 11) is 0. The molecule has 0 saturated carbocycles. The molecule has 2 aromatic rings. The van der Waals surface area contributed by atoms with Gasteiger partial charge in [0.15, 0.2) is 0 Å². The zero-order valence-electron chi connectivity index (χ0n) is 6.66. The molecule has 2 rings (SSSR count). The molecule has 1 heterocycles. The van der Waals surface area contributed by atoms with E-state index in [0.717, 1.165) is 16.5 Å². The van der Waals surface area contributed by atoms with Crippen molar-refractivity contribution in [3.05, 3.63) is 35.8 Å². The van der Waals surface area contributed by atoms with Gasteiger partial charge < -0.3 is 4.42 Å². The second-order valence-electron chi connectivity index (χ2n) is 2.71. The van der Waals surface area contributed by atoms with Gasteiger partial charge in [-0.05, 0) is 25.1 Å². The number of furan rings is 1. The average molecular weight is 157 g/mol. The number of benzene rings is 1. The summed E-state index contributed by atoms with van der Waals surface area (Å²) < 4.78 is 5.20. The number of nitriles is 1. The summed E-state index contributed by atoms with van der Waals surface area (Å²) in [4.78, 5) is 0. The molecule has 58 valence electrons. The molecule has 2 nitrogen and oxygen atoms in total. The van der Waals surface area contributed by atoms with Crippen molar-refractivity contribution in [2.24, 2.45) is 0 Å². The topological polar surface area (TPSA) is 36.9 Å². The van der Waals surface area contributed by atoms with Gasteiger partial charge in [0.25, 0.3) is 0 Å². The monoisotopic (exact) mass is 157 g/mol. The van der Waals surface area contributed by atoms with E-state index in [1.54, 1.807) is 12.3 Å². The summed E-state index contributed by atoms with van der Waals surface area (Å²) in [5.41, 5.74) is 0.670. The fourth-order valence-corrected chi connectivity index (χ4v) is 1.27. The molecule has 0 N–H and O–H groups in total. The summed E-state index contributed by atoms with van der Waals surface area (Å²) >= 11 is 0. The lowest BCUT2D eigenvalue weighted by atomic mass is 10.1. The highest BCUT2D eigenvalue weighted by Gasteiger charge is 2.01. The molecule has 0 spiro atoms. The number of aryl methyl sites for hydroxylation is 1. The highest BCUT2D eigenvalue weighted by atomic mass is 16.3. The van der Waals surface area contributed by atoms with Crippen LogP contribution in [0.1, 0.15) is 11.3 Å². The number of rotatable bonds is 0. The summed E-state index contributed by atoms with van der Waals surface area (Å²) in [6.07, 6.45) is 1.67. The molecular formula is C10H7NO. The Bertz CT molecular complexity index is 462. The molecule has 12 heavy (non-hydrogen) atoms. The normalized spacial score (nSPS) is 10.0. The third-order valence-corrected chi connectivity index (χ3v) is 1.92. The Labute approximate surface area is 70.0 Å². The molecule has 0 atom stereocenters. The van der Waals surface area contributed by atoms with E-state index in [1.807, 2.05) is 19.1 Å². The van der Waals surface area contributed by atoms with E-state index >= 15 is 0 Å². The summed E-state index contributed by atoms with van der Waals surface area (Å²) in [6, 6.07) is 7.62. The van der Waals surface area contributed by atoms with E-state index in [1.165, 1.54) is 0 Å².